The Morgan fingerprint density at radius 1 is 1.43 bits per heavy atom. The van der Waals surface area contributed by atoms with Crippen LogP contribution in [0.1, 0.15) is 30.9 Å². The third-order valence-electron chi connectivity index (χ3n) is 3.01. The van der Waals surface area contributed by atoms with Crippen LogP contribution in [-0.2, 0) is 0 Å². The molecule has 0 heterocycles. The highest BCUT2D eigenvalue weighted by Crippen LogP contribution is 2.37. The maximum Gasteiger partial charge on any atom is 0.134 e. The number of hydrogen-bond acceptors (Lipinski definition) is 2. The number of aromatic hydroxyl groups is 1. The fourth-order valence-corrected chi connectivity index (χ4v) is 1.99. The highest BCUT2D eigenvalue weighted by atomic mass is 35.5. The van der Waals surface area contributed by atoms with Gasteiger partial charge in [-0.15, -0.1) is 0 Å². The Bertz CT molecular complexity index is 336. The highest BCUT2D eigenvalue weighted by molar-refractivity contribution is 6.32. The fourth-order valence-electron chi connectivity index (χ4n) is 1.80. The van der Waals surface area contributed by atoms with Gasteiger partial charge in [-0.1, -0.05) is 24.1 Å². The lowest BCUT2D eigenvalue weighted by Gasteiger charge is -2.31. The highest BCUT2D eigenvalue weighted by Gasteiger charge is 2.25. The fraction of sp³-hybridized carbons (Fsp3) is 0.455. The topological polar surface area (TPSA) is 46.2 Å². The summed E-state index contributed by atoms with van der Waals surface area (Å²) < 4.78 is 0. The molecule has 1 aromatic carbocycles. The van der Waals surface area contributed by atoms with Crippen molar-refractivity contribution in [3.63, 3.8) is 0 Å². The summed E-state index contributed by atoms with van der Waals surface area (Å²) in [5, 5.41) is 9.65. The van der Waals surface area contributed by atoms with Crippen LogP contribution in [0.3, 0.4) is 0 Å². The summed E-state index contributed by atoms with van der Waals surface area (Å²) in [6, 6.07) is 5.29. The van der Waals surface area contributed by atoms with E-state index in [2.05, 4.69) is 0 Å². The lowest BCUT2D eigenvalue weighted by atomic mass is 9.77. The molecule has 0 bridgehead atoms. The molecule has 0 amide bonds. The minimum atomic E-state index is 0.0712. The summed E-state index contributed by atoms with van der Waals surface area (Å²) in [5.74, 6) is 0.715. The van der Waals surface area contributed by atoms with Crippen LogP contribution in [0.5, 0.6) is 5.75 Å². The maximum atomic E-state index is 9.26. The van der Waals surface area contributed by atoms with Gasteiger partial charge in [0.1, 0.15) is 5.75 Å². The molecule has 0 spiro atoms. The molecule has 1 saturated carbocycles. The van der Waals surface area contributed by atoms with E-state index < -0.39 is 0 Å². The van der Waals surface area contributed by atoms with Crippen molar-refractivity contribution in [2.75, 3.05) is 0 Å². The second kappa shape index (κ2) is 3.79. The summed E-state index contributed by atoms with van der Waals surface area (Å²) in [4.78, 5) is 0. The van der Waals surface area contributed by atoms with Crippen LogP contribution >= 0.6 is 11.6 Å². The van der Waals surface area contributed by atoms with Crippen molar-refractivity contribution in [3.8, 4) is 5.75 Å². The van der Waals surface area contributed by atoms with E-state index in [4.69, 9.17) is 17.3 Å². The molecule has 1 aliphatic carbocycles. The van der Waals surface area contributed by atoms with E-state index in [9.17, 15) is 5.11 Å². The minimum absolute atomic E-state index is 0.0712. The molecule has 0 aromatic heterocycles. The number of phenols is 1. The van der Waals surface area contributed by atoms with E-state index in [1.807, 2.05) is 6.07 Å². The zero-order valence-corrected chi connectivity index (χ0v) is 8.67. The Hall–Kier alpha value is -0.730. The van der Waals surface area contributed by atoms with Crippen LogP contribution in [-0.4, -0.2) is 5.11 Å². The molecule has 2 rings (SSSR count). The summed E-state index contributed by atoms with van der Waals surface area (Å²) >= 11 is 5.82. The van der Waals surface area contributed by atoms with Gasteiger partial charge in [0.05, 0.1) is 5.02 Å². The maximum absolute atomic E-state index is 9.26. The predicted octanol–water partition coefficient (Wildman–Crippen LogP) is 2.85. The van der Waals surface area contributed by atoms with E-state index in [1.54, 1.807) is 12.1 Å². The van der Waals surface area contributed by atoms with Gasteiger partial charge in [0.25, 0.3) is 0 Å². The van der Waals surface area contributed by atoms with Gasteiger partial charge >= 0.3 is 0 Å². The molecule has 1 aliphatic rings. The van der Waals surface area contributed by atoms with E-state index in [-0.39, 0.29) is 11.8 Å². The van der Waals surface area contributed by atoms with Crippen LogP contribution in [0, 0.1) is 5.92 Å². The van der Waals surface area contributed by atoms with Gasteiger partial charge in [0.2, 0.25) is 0 Å². The van der Waals surface area contributed by atoms with Gasteiger partial charge in [0, 0.05) is 6.04 Å². The standard InChI is InChI=1S/C11H14ClNO/c12-9-6-8(4-5-10(9)14)11(13)7-2-1-3-7/h4-7,11,14H,1-3,13H2/t11-/m0/s1. The molecule has 76 valence electrons. The van der Waals surface area contributed by atoms with E-state index in [0.717, 1.165) is 5.56 Å². The van der Waals surface area contributed by atoms with Gasteiger partial charge in [0.15, 0.2) is 0 Å². The van der Waals surface area contributed by atoms with Crippen molar-refractivity contribution >= 4 is 11.6 Å². The Morgan fingerprint density at radius 2 is 2.14 bits per heavy atom. The average molecular weight is 212 g/mol. The first-order chi connectivity index (χ1) is 6.68. The van der Waals surface area contributed by atoms with Crippen LogP contribution in [0.25, 0.3) is 0 Å². The molecular formula is C11H14ClNO. The second-order valence-electron chi connectivity index (χ2n) is 3.93. The molecular weight excluding hydrogens is 198 g/mol. The number of halogens is 1. The van der Waals surface area contributed by atoms with E-state index in [1.165, 1.54) is 19.3 Å². The lowest BCUT2D eigenvalue weighted by Crippen LogP contribution is -2.26. The summed E-state index contributed by atoms with van der Waals surface area (Å²) in [5.41, 5.74) is 7.10. The third kappa shape index (κ3) is 1.72. The number of nitrogens with two attached hydrogens (primary N) is 1. The Balaban J connectivity index is 2.18. The molecule has 2 nitrogen and oxygen atoms in total. The van der Waals surface area contributed by atoms with Gasteiger partial charge in [-0.05, 0) is 36.5 Å². The van der Waals surface area contributed by atoms with Crippen molar-refractivity contribution in [1.29, 1.82) is 0 Å². The summed E-state index contributed by atoms with van der Waals surface area (Å²) in [6.07, 6.45) is 3.70. The summed E-state index contributed by atoms with van der Waals surface area (Å²) in [6.45, 7) is 0. The second-order valence-corrected chi connectivity index (χ2v) is 4.33. The van der Waals surface area contributed by atoms with Crippen LogP contribution in [0.4, 0.5) is 0 Å². The predicted molar refractivity (Wildman–Crippen MR) is 57.4 cm³/mol. The molecule has 0 aliphatic heterocycles. The van der Waals surface area contributed by atoms with Crippen molar-refractivity contribution in [2.24, 2.45) is 11.7 Å². The largest absolute Gasteiger partial charge is 0.506 e. The van der Waals surface area contributed by atoms with E-state index >= 15 is 0 Å². The van der Waals surface area contributed by atoms with Crippen LogP contribution in [0.15, 0.2) is 18.2 Å². The molecule has 3 heteroatoms. The van der Waals surface area contributed by atoms with Crippen molar-refractivity contribution in [3.05, 3.63) is 28.8 Å². The SMILES string of the molecule is N[C@H](c1ccc(O)c(Cl)c1)C1CCC1. The van der Waals surface area contributed by atoms with Crippen molar-refractivity contribution in [1.82, 2.24) is 0 Å². The van der Waals surface area contributed by atoms with Gasteiger partial charge in [-0.25, -0.2) is 0 Å². The molecule has 1 atom stereocenters. The van der Waals surface area contributed by atoms with Crippen molar-refractivity contribution < 1.29 is 5.11 Å². The van der Waals surface area contributed by atoms with Gasteiger partial charge in [-0.3, -0.25) is 0 Å². The first-order valence-electron chi connectivity index (χ1n) is 4.92. The number of phenolic OH excluding ortho intramolecular Hbond substituents is 1. The molecule has 0 unspecified atom stereocenters. The molecule has 1 aromatic rings. The van der Waals surface area contributed by atoms with Crippen LogP contribution in [0.2, 0.25) is 5.02 Å². The zero-order valence-electron chi connectivity index (χ0n) is 7.91. The van der Waals surface area contributed by atoms with Crippen LogP contribution < -0.4 is 5.73 Å². The van der Waals surface area contributed by atoms with Crippen molar-refractivity contribution in [2.45, 2.75) is 25.3 Å². The first kappa shape index (κ1) is 9.81. The summed E-state index contributed by atoms with van der Waals surface area (Å²) in [7, 11) is 0. The quantitative estimate of drug-likeness (QED) is 0.790. The molecule has 0 saturated heterocycles. The molecule has 14 heavy (non-hydrogen) atoms. The number of hydrogen-bond donors (Lipinski definition) is 2. The number of benzene rings is 1. The van der Waals surface area contributed by atoms with Gasteiger partial charge in [-0.2, -0.15) is 0 Å². The Morgan fingerprint density at radius 3 is 2.64 bits per heavy atom. The zero-order chi connectivity index (χ0) is 10.1. The van der Waals surface area contributed by atoms with Gasteiger partial charge < -0.3 is 10.8 Å². The first-order valence-corrected chi connectivity index (χ1v) is 5.30. The Kier molecular flexibility index (Phi) is 2.66. The minimum Gasteiger partial charge on any atom is -0.506 e. The Labute approximate surface area is 88.7 Å². The third-order valence-corrected chi connectivity index (χ3v) is 3.32. The smallest absolute Gasteiger partial charge is 0.134 e. The normalized spacial score (nSPS) is 19.0. The monoisotopic (exact) mass is 211 g/mol. The average Bonchev–Trinajstić information content (AvgIpc) is 2.06. The van der Waals surface area contributed by atoms with E-state index in [0.29, 0.717) is 10.9 Å². The molecule has 0 radical (unpaired) electrons. The molecule has 1 fully saturated rings. The lowest BCUT2D eigenvalue weighted by molar-refractivity contribution is 0.264. The molecule has 3 N–H and O–H groups in total. The number of rotatable bonds is 2.